The Morgan fingerprint density at radius 1 is 0.720 bits per heavy atom. The van der Waals surface area contributed by atoms with E-state index in [1.54, 1.807) is 13.4 Å². The standard InChI is InChI=1S/C22H22BrOP/c1-24-18-11-19-25(23,20-12-5-2-6-13-20,21-14-7-3-8-15-21)22-16-9-4-10-17-22/h2-18H,19H2,1H3/b18-11+. The van der Waals surface area contributed by atoms with E-state index in [1.165, 1.54) is 15.9 Å². The summed E-state index contributed by atoms with van der Waals surface area (Å²) in [7, 11) is 1.69. The summed E-state index contributed by atoms with van der Waals surface area (Å²) in [4.78, 5) is 0. The van der Waals surface area contributed by atoms with E-state index in [0.29, 0.717) is 0 Å². The maximum atomic E-state index is 5.21. The molecular weight excluding hydrogens is 391 g/mol. The van der Waals surface area contributed by atoms with Crippen molar-refractivity contribution in [2.45, 2.75) is 0 Å². The Balaban J connectivity index is 2.38. The van der Waals surface area contributed by atoms with Gasteiger partial charge >= 0.3 is 158 Å². The van der Waals surface area contributed by atoms with Gasteiger partial charge in [0.25, 0.3) is 0 Å². The van der Waals surface area contributed by atoms with Gasteiger partial charge in [0.05, 0.1) is 0 Å². The van der Waals surface area contributed by atoms with Crippen LogP contribution in [0.3, 0.4) is 0 Å². The Labute approximate surface area is 158 Å². The Hall–Kier alpha value is -1.89. The molecule has 0 radical (unpaired) electrons. The van der Waals surface area contributed by atoms with Gasteiger partial charge in [0, 0.05) is 0 Å². The first-order chi connectivity index (χ1) is 12.2. The van der Waals surface area contributed by atoms with E-state index in [2.05, 4.69) is 113 Å². The fourth-order valence-corrected chi connectivity index (χ4v) is 10.3. The first-order valence-corrected chi connectivity index (χ1v) is 12.7. The van der Waals surface area contributed by atoms with Gasteiger partial charge in [-0.3, -0.25) is 0 Å². The van der Waals surface area contributed by atoms with Crippen molar-refractivity contribution in [3.63, 3.8) is 0 Å². The molecule has 0 fully saturated rings. The molecule has 0 unspecified atom stereocenters. The predicted molar refractivity (Wildman–Crippen MR) is 115 cm³/mol. The van der Waals surface area contributed by atoms with Crippen molar-refractivity contribution in [3.8, 4) is 0 Å². The van der Waals surface area contributed by atoms with Crippen molar-refractivity contribution < 1.29 is 4.74 Å². The molecule has 0 spiro atoms. The number of halogens is 1. The summed E-state index contributed by atoms with van der Waals surface area (Å²) in [5, 5.41) is 1.11. The van der Waals surface area contributed by atoms with Gasteiger partial charge in [-0.25, -0.2) is 0 Å². The zero-order chi connectivity index (χ0) is 17.6. The minimum atomic E-state index is -2.82. The van der Waals surface area contributed by atoms with Crippen molar-refractivity contribution in [2.75, 3.05) is 13.3 Å². The number of allylic oxidation sites excluding steroid dienone is 1. The third kappa shape index (κ3) is 3.17. The third-order valence-corrected chi connectivity index (χ3v) is 14.1. The third-order valence-electron chi connectivity index (χ3n) is 4.56. The number of hydrogen-bond donors (Lipinski definition) is 0. The fourth-order valence-electron chi connectivity index (χ4n) is 3.32. The summed E-state index contributed by atoms with van der Waals surface area (Å²) in [6, 6.07) is 32.3. The first-order valence-electron chi connectivity index (χ1n) is 8.27. The molecule has 0 aliphatic rings. The molecule has 3 heteroatoms. The molecule has 0 aliphatic heterocycles. The number of hydrogen-bond acceptors (Lipinski definition) is 1. The summed E-state index contributed by atoms with van der Waals surface area (Å²) in [5.41, 5.74) is 0. The Kier molecular flexibility index (Phi) is 5.42. The van der Waals surface area contributed by atoms with Crippen molar-refractivity contribution >= 4 is 36.7 Å². The van der Waals surface area contributed by atoms with Gasteiger partial charge in [0.2, 0.25) is 0 Å². The molecule has 0 aliphatic carbocycles. The number of rotatable bonds is 6. The quantitative estimate of drug-likeness (QED) is 0.409. The molecule has 3 aromatic carbocycles. The van der Waals surface area contributed by atoms with Crippen LogP contribution < -0.4 is 15.9 Å². The van der Waals surface area contributed by atoms with Gasteiger partial charge in [-0.2, -0.15) is 0 Å². The van der Waals surface area contributed by atoms with Gasteiger partial charge in [0.15, 0.2) is 0 Å². The summed E-state index contributed by atoms with van der Waals surface area (Å²) in [6.07, 6.45) is 4.74. The van der Waals surface area contributed by atoms with Gasteiger partial charge in [-0.1, -0.05) is 0 Å². The first kappa shape index (κ1) is 17.9. The normalized spacial score (nSPS) is 13.3. The molecule has 0 saturated carbocycles. The Morgan fingerprint density at radius 2 is 1.08 bits per heavy atom. The average molecular weight is 413 g/mol. The molecule has 0 atom stereocenters. The molecule has 0 amide bonds. The monoisotopic (exact) mass is 412 g/mol. The van der Waals surface area contributed by atoms with E-state index in [9.17, 15) is 0 Å². The molecule has 0 aromatic heterocycles. The SMILES string of the molecule is CO/C=C/CP(Br)(c1ccccc1)(c1ccccc1)c1ccccc1. The zero-order valence-electron chi connectivity index (χ0n) is 14.3. The molecule has 3 rings (SSSR count). The van der Waals surface area contributed by atoms with E-state index in [0.717, 1.165) is 6.16 Å². The van der Waals surface area contributed by atoms with E-state index >= 15 is 0 Å². The minimum absolute atomic E-state index is 0.845. The van der Waals surface area contributed by atoms with Crippen LogP contribution in [0.4, 0.5) is 0 Å². The average Bonchev–Trinajstić information content (AvgIpc) is 2.70. The van der Waals surface area contributed by atoms with Crippen LogP contribution >= 0.6 is 20.8 Å². The van der Waals surface area contributed by atoms with Gasteiger partial charge < -0.3 is 0 Å². The second-order valence-electron chi connectivity index (χ2n) is 5.98. The Morgan fingerprint density at radius 3 is 1.40 bits per heavy atom. The summed E-state index contributed by atoms with van der Waals surface area (Å²) < 4.78 is 5.21. The molecule has 0 bridgehead atoms. The Bertz CT molecular complexity index is 732. The topological polar surface area (TPSA) is 9.23 Å². The van der Waals surface area contributed by atoms with E-state index < -0.39 is 5.31 Å². The van der Waals surface area contributed by atoms with E-state index in [1.807, 2.05) is 0 Å². The molecule has 3 aromatic rings. The van der Waals surface area contributed by atoms with Crippen LogP contribution in [0.2, 0.25) is 0 Å². The van der Waals surface area contributed by atoms with Gasteiger partial charge in [-0.15, -0.1) is 0 Å². The molecule has 0 heterocycles. The van der Waals surface area contributed by atoms with Crippen LogP contribution in [0.25, 0.3) is 0 Å². The number of ether oxygens (including phenoxy) is 1. The van der Waals surface area contributed by atoms with Crippen molar-refractivity contribution in [1.82, 2.24) is 0 Å². The van der Waals surface area contributed by atoms with Crippen LogP contribution in [0, 0.1) is 0 Å². The summed E-state index contributed by atoms with van der Waals surface area (Å²) in [6.45, 7) is 0. The predicted octanol–water partition coefficient (Wildman–Crippen LogP) is 4.99. The van der Waals surface area contributed by atoms with Crippen molar-refractivity contribution in [2.24, 2.45) is 0 Å². The second kappa shape index (κ2) is 7.56. The maximum absolute atomic E-state index is 5.21. The van der Waals surface area contributed by atoms with Gasteiger partial charge in [-0.05, 0) is 0 Å². The zero-order valence-corrected chi connectivity index (χ0v) is 16.7. The molecule has 0 N–H and O–H groups in total. The van der Waals surface area contributed by atoms with E-state index in [4.69, 9.17) is 4.74 Å². The van der Waals surface area contributed by atoms with Crippen LogP contribution in [-0.2, 0) is 4.74 Å². The van der Waals surface area contributed by atoms with Crippen LogP contribution in [0.1, 0.15) is 0 Å². The molecule has 25 heavy (non-hydrogen) atoms. The van der Waals surface area contributed by atoms with Crippen LogP contribution in [0.15, 0.2) is 103 Å². The molecule has 128 valence electrons. The van der Waals surface area contributed by atoms with Crippen molar-refractivity contribution in [3.05, 3.63) is 103 Å². The molecule has 1 nitrogen and oxygen atoms in total. The van der Waals surface area contributed by atoms with Crippen LogP contribution in [0.5, 0.6) is 0 Å². The van der Waals surface area contributed by atoms with Gasteiger partial charge in [0.1, 0.15) is 0 Å². The molecule has 0 saturated heterocycles. The second-order valence-corrected chi connectivity index (χ2v) is 15.0. The van der Waals surface area contributed by atoms with E-state index in [-0.39, 0.29) is 0 Å². The summed E-state index contributed by atoms with van der Waals surface area (Å²) >= 11 is 4.37. The fraction of sp³-hybridized carbons (Fsp3) is 0.0909. The van der Waals surface area contributed by atoms with Crippen LogP contribution in [-0.4, -0.2) is 13.3 Å². The summed E-state index contributed by atoms with van der Waals surface area (Å²) in [5.74, 6) is 0. The molecular formula is C22H22BrOP. The van der Waals surface area contributed by atoms with Crippen molar-refractivity contribution in [1.29, 1.82) is 0 Å². The number of benzene rings is 3. The number of methoxy groups -OCH3 is 1.